The van der Waals surface area contributed by atoms with E-state index in [1.165, 1.54) is 4.90 Å². The van der Waals surface area contributed by atoms with Crippen LogP contribution in [0.1, 0.15) is 0 Å². The van der Waals surface area contributed by atoms with E-state index in [2.05, 4.69) is 0 Å². The van der Waals surface area contributed by atoms with Gasteiger partial charge in [0.25, 0.3) is 0 Å². The van der Waals surface area contributed by atoms with Gasteiger partial charge in [0.2, 0.25) is 0 Å². The van der Waals surface area contributed by atoms with Crippen molar-refractivity contribution in [2.24, 2.45) is 0 Å². The van der Waals surface area contributed by atoms with Crippen LogP contribution in [0.25, 0.3) is 0 Å². The third-order valence-electron chi connectivity index (χ3n) is 0.445. The lowest BCUT2D eigenvalue weighted by Gasteiger charge is -2.08. The summed E-state index contributed by atoms with van der Waals surface area (Å²) in [7, 11) is 3.35. The van der Waals surface area contributed by atoms with E-state index in [0.29, 0.717) is 0 Å². The smallest absolute Gasteiger partial charge is 0.0554 e. The molecule has 0 amide bonds. The molecule has 0 fully saturated rings. The van der Waals surface area contributed by atoms with Crippen molar-refractivity contribution in [2.75, 3.05) is 20.6 Å². The van der Waals surface area contributed by atoms with E-state index in [4.69, 9.17) is 0 Å². The van der Waals surface area contributed by atoms with Crippen molar-refractivity contribution >= 4 is 18.4 Å². The predicted octanol–water partition coefficient (Wildman–Crippen LogP) is -1.28. The zero-order valence-electron chi connectivity index (χ0n) is 4.88. The van der Waals surface area contributed by atoms with Gasteiger partial charge in [0.1, 0.15) is 0 Å². The predicted molar refractivity (Wildman–Crippen MR) is 30.8 cm³/mol. The number of carbonyl (C=O) groups excluding carboxylic acids is 1. The summed E-state index contributed by atoms with van der Waals surface area (Å²) in [6, 6.07) is 0. The molecule has 0 unspecified atom stereocenters. The molecule has 0 aromatic rings. The van der Waals surface area contributed by atoms with Crippen molar-refractivity contribution in [3.05, 3.63) is 0 Å². The van der Waals surface area contributed by atoms with Gasteiger partial charge in [-0.1, -0.05) is 0 Å². The molecule has 0 aliphatic heterocycles. The summed E-state index contributed by atoms with van der Waals surface area (Å²) in [5.41, 5.74) is 0. The number of carboxylic acids is 1. The Hall–Kier alpha value is -0.280. The van der Waals surface area contributed by atoms with Crippen LogP contribution in [0.3, 0.4) is 0 Å². The molecule has 0 radical (unpaired) electrons. The summed E-state index contributed by atoms with van der Waals surface area (Å²) < 4.78 is 0. The molecule has 0 aliphatic rings. The van der Waals surface area contributed by atoms with Crippen molar-refractivity contribution in [1.82, 2.24) is 4.90 Å². The van der Waals surface area contributed by atoms with Gasteiger partial charge in [-0.05, 0) is 14.1 Å². The van der Waals surface area contributed by atoms with Crippen LogP contribution in [0.5, 0.6) is 0 Å². The Labute approximate surface area is 54.7 Å². The van der Waals surface area contributed by atoms with Crippen molar-refractivity contribution in [2.45, 2.75) is 0 Å². The van der Waals surface area contributed by atoms with Gasteiger partial charge in [0.05, 0.1) is 5.97 Å². The quantitative estimate of drug-likeness (QED) is 0.478. The van der Waals surface area contributed by atoms with Crippen molar-refractivity contribution in [3.8, 4) is 0 Å². The fourth-order valence-electron chi connectivity index (χ4n) is 0.258. The molecule has 0 aromatic heterocycles. The van der Waals surface area contributed by atoms with Crippen LogP contribution in [0.2, 0.25) is 0 Å². The van der Waals surface area contributed by atoms with E-state index >= 15 is 0 Å². The summed E-state index contributed by atoms with van der Waals surface area (Å²) in [6.07, 6.45) is 0. The molecule has 0 heterocycles. The molecule has 0 N–H and O–H groups in total. The second kappa shape index (κ2) is 4.87. The lowest BCUT2D eigenvalue weighted by Crippen LogP contribution is -2.33. The number of likely N-dealkylation sites (N-methyl/N-ethyl adjacent to an activating group) is 1. The highest BCUT2D eigenvalue weighted by Crippen LogP contribution is 1.66. The first-order chi connectivity index (χ1) is 3.13. The number of nitrogens with zero attached hydrogens (tertiary/aromatic N) is 1. The maximum Gasteiger partial charge on any atom is 0.0554 e. The third kappa shape index (κ3) is 9.21. The van der Waals surface area contributed by atoms with Gasteiger partial charge in [0.15, 0.2) is 0 Å². The van der Waals surface area contributed by atoms with Gasteiger partial charge < -0.3 is 14.8 Å². The molecule has 0 spiro atoms. The van der Waals surface area contributed by atoms with Crippen molar-refractivity contribution in [1.29, 1.82) is 0 Å². The van der Waals surface area contributed by atoms with Gasteiger partial charge in [-0.3, -0.25) is 0 Å². The van der Waals surface area contributed by atoms with Crippen molar-refractivity contribution in [3.63, 3.8) is 0 Å². The average molecular weight is 139 g/mol. The Morgan fingerprint density at radius 2 is 2.00 bits per heavy atom. The van der Waals surface area contributed by atoms with Crippen LogP contribution in [-0.2, 0) is 4.79 Å². The zero-order valence-corrected chi connectivity index (χ0v) is 5.70. The maximum atomic E-state index is 9.66. The van der Waals surface area contributed by atoms with Crippen LogP contribution in [0, 0.1) is 0 Å². The summed E-state index contributed by atoms with van der Waals surface area (Å²) >= 11 is 0. The van der Waals surface area contributed by atoms with E-state index in [1.807, 2.05) is 0 Å². The fourth-order valence-corrected chi connectivity index (χ4v) is 0.258. The van der Waals surface area contributed by atoms with Crippen molar-refractivity contribution < 1.29 is 9.90 Å². The Bertz CT molecular complexity index is 74.4. The molecular formula is C4H9ClNO2-. The lowest BCUT2D eigenvalue weighted by molar-refractivity contribution is -0.305. The Morgan fingerprint density at radius 3 is 2.00 bits per heavy atom. The number of carboxylic acid groups (broad SMARTS) is 1. The minimum Gasteiger partial charge on any atom is -0.549 e. The van der Waals surface area contributed by atoms with Gasteiger partial charge >= 0.3 is 0 Å². The number of hydrogen-bond acceptors (Lipinski definition) is 3. The molecule has 0 bridgehead atoms. The Kier molecular flexibility index (Phi) is 6.48. The average Bonchev–Trinajstić information content (AvgIpc) is 1.27. The number of halogens is 1. The topological polar surface area (TPSA) is 43.4 Å². The zero-order chi connectivity index (χ0) is 5.86. The van der Waals surface area contributed by atoms with Crippen LogP contribution >= 0.6 is 12.4 Å². The molecule has 0 saturated carbocycles. The number of hydrogen-bond donors (Lipinski definition) is 0. The number of aliphatic carboxylic acids is 1. The summed E-state index contributed by atoms with van der Waals surface area (Å²) in [5, 5.41) is 9.66. The minimum atomic E-state index is -1.04. The summed E-state index contributed by atoms with van der Waals surface area (Å²) in [5.74, 6) is -1.04. The molecule has 8 heavy (non-hydrogen) atoms. The van der Waals surface area contributed by atoms with E-state index in [0.717, 1.165) is 0 Å². The lowest BCUT2D eigenvalue weighted by atomic mass is 10.6. The molecule has 0 saturated heterocycles. The van der Waals surface area contributed by atoms with E-state index in [-0.39, 0.29) is 19.0 Å². The van der Waals surface area contributed by atoms with E-state index < -0.39 is 5.97 Å². The number of rotatable bonds is 2. The molecule has 0 aliphatic carbocycles. The largest absolute Gasteiger partial charge is 0.549 e. The number of carbonyl (C=O) groups is 1. The Balaban J connectivity index is 0. The molecule has 0 aromatic carbocycles. The molecule has 3 nitrogen and oxygen atoms in total. The second-order valence-corrected chi connectivity index (χ2v) is 1.61. The first kappa shape index (κ1) is 10.7. The molecule has 0 atom stereocenters. The SMILES string of the molecule is CN(C)CC(=O)[O-].Cl. The van der Waals surface area contributed by atoms with Crippen LogP contribution in [0.4, 0.5) is 0 Å². The van der Waals surface area contributed by atoms with Gasteiger partial charge in [-0.25, -0.2) is 0 Å². The standard InChI is InChI=1S/C4H9NO2.ClH/c1-5(2)3-4(6)7;/h3H2,1-2H3,(H,6,7);1H/p-1. The molecule has 4 heteroatoms. The highest BCUT2D eigenvalue weighted by Gasteiger charge is 1.84. The summed E-state index contributed by atoms with van der Waals surface area (Å²) in [4.78, 5) is 11.2. The van der Waals surface area contributed by atoms with Crippen LogP contribution < -0.4 is 5.11 Å². The summed E-state index contributed by atoms with van der Waals surface area (Å²) in [6.45, 7) is 0. The molecule has 50 valence electrons. The van der Waals surface area contributed by atoms with Crippen LogP contribution in [0.15, 0.2) is 0 Å². The second-order valence-electron chi connectivity index (χ2n) is 1.61. The van der Waals surface area contributed by atoms with Gasteiger partial charge in [-0.2, -0.15) is 0 Å². The Morgan fingerprint density at radius 1 is 1.62 bits per heavy atom. The highest BCUT2D eigenvalue weighted by atomic mass is 35.5. The first-order valence-corrected chi connectivity index (χ1v) is 1.97. The normalized spacial score (nSPS) is 8.38. The molecule has 0 rings (SSSR count). The third-order valence-corrected chi connectivity index (χ3v) is 0.445. The molecular weight excluding hydrogens is 130 g/mol. The van der Waals surface area contributed by atoms with E-state index in [9.17, 15) is 9.90 Å². The highest BCUT2D eigenvalue weighted by molar-refractivity contribution is 5.85. The monoisotopic (exact) mass is 138 g/mol. The van der Waals surface area contributed by atoms with Gasteiger partial charge in [0, 0.05) is 6.54 Å². The van der Waals surface area contributed by atoms with E-state index in [1.54, 1.807) is 14.1 Å². The minimum absolute atomic E-state index is 0. The first-order valence-electron chi connectivity index (χ1n) is 1.97. The van der Waals surface area contributed by atoms with Gasteiger partial charge in [-0.15, -0.1) is 12.4 Å². The maximum absolute atomic E-state index is 9.66. The van der Waals surface area contributed by atoms with Crippen LogP contribution in [-0.4, -0.2) is 31.5 Å². The fraction of sp³-hybridized carbons (Fsp3) is 0.750.